The lowest BCUT2D eigenvalue weighted by molar-refractivity contribution is 0.200. The first-order chi connectivity index (χ1) is 14.3. The molecule has 3 rings (SSSR count). The third-order valence-corrected chi connectivity index (χ3v) is 5.52. The van der Waals surface area contributed by atoms with E-state index in [9.17, 15) is 8.78 Å². The summed E-state index contributed by atoms with van der Waals surface area (Å²) >= 11 is 10.7. The van der Waals surface area contributed by atoms with E-state index in [1.807, 2.05) is 23.1 Å². The molecule has 3 N–H and O–H groups in total. The highest BCUT2D eigenvalue weighted by Crippen LogP contribution is 2.27. The van der Waals surface area contributed by atoms with Crippen molar-refractivity contribution in [2.45, 2.75) is 25.4 Å². The second-order valence-electron chi connectivity index (χ2n) is 7.32. The summed E-state index contributed by atoms with van der Waals surface area (Å²) in [4.78, 5) is 4.17. The van der Waals surface area contributed by atoms with Crippen LogP contribution in [0.5, 0.6) is 0 Å². The molecule has 0 aliphatic carbocycles. The van der Waals surface area contributed by atoms with E-state index in [1.54, 1.807) is 0 Å². The Bertz CT molecular complexity index is 932. The van der Waals surface area contributed by atoms with Crippen LogP contribution in [0.3, 0.4) is 0 Å². The Morgan fingerprint density at radius 2 is 2.03 bits per heavy atom. The molecule has 1 saturated heterocycles. The minimum absolute atomic E-state index is 0.0242. The predicted octanol–water partition coefficient (Wildman–Crippen LogP) is 3.89. The van der Waals surface area contributed by atoms with Gasteiger partial charge in [-0.3, -0.25) is 10.3 Å². The van der Waals surface area contributed by atoms with Gasteiger partial charge in [-0.15, -0.1) is 0 Å². The summed E-state index contributed by atoms with van der Waals surface area (Å²) in [6.45, 7) is 2.09. The minimum Gasteiger partial charge on any atom is -0.375 e. The second kappa shape index (κ2) is 10.1. The fourth-order valence-electron chi connectivity index (χ4n) is 3.66. The van der Waals surface area contributed by atoms with Gasteiger partial charge in [0.05, 0.1) is 11.9 Å². The Balaban J connectivity index is 1.61. The number of benzene rings is 2. The lowest BCUT2D eigenvalue weighted by Gasteiger charge is -2.38. The van der Waals surface area contributed by atoms with E-state index in [0.717, 1.165) is 42.3 Å². The standard InChI is InChI=1S/C21H24ClF2N5S/c1-28(13-14-3-2-4-16(22)9-14)17-5-7-29(8-6-17)20-11-18(23)15(10-19(20)24)12-26-27-21(25)30/h2-4,9-12,17H,5-8,13H2,1H3,(H3,25,27,30). The number of piperidine rings is 1. The highest BCUT2D eigenvalue weighted by atomic mass is 35.5. The van der Waals surface area contributed by atoms with E-state index in [0.29, 0.717) is 19.1 Å². The first-order valence-corrected chi connectivity index (χ1v) is 10.4. The largest absolute Gasteiger partial charge is 0.375 e. The van der Waals surface area contributed by atoms with Gasteiger partial charge in [0.2, 0.25) is 0 Å². The van der Waals surface area contributed by atoms with Gasteiger partial charge < -0.3 is 10.6 Å². The molecule has 1 heterocycles. The number of thiocarbonyl (C=S) groups is 1. The zero-order valence-corrected chi connectivity index (χ0v) is 18.2. The Kier molecular flexibility index (Phi) is 7.58. The van der Waals surface area contributed by atoms with Crippen LogP contribution in [0.1, 0.15) is 24.0 Å². The molecule has 0 unspecified atom stereocenters. The maximum Gasteiger partial charge on any atom is 0.184 e. The van der Waals surface area contributed by atoms with Gasteiger partial charge in [0, 0.05) is 42.3 Å². The average Bonchev–Trinajstić information content (AvgIpc) is 2.70. The van der Waals surface area contributed by atoms with Gasteiger partial charge in [-0.05, 0) is 55.9 Å². The molecule has 0 amide bonds. The highest BCUT2D eigenvalue weighted by Gasteiger charge is 2.25. The number of halogens is 3. The van der Waals surface area contributed by atoms with Gasteiger partial charge >= 0.3 is 0 Å². The molecule has 2 aromatic carbocycles. The highest BCUT2D eigenvalue weighted by molar-refractivity contribution is 7.80. The summed E-state index contributed by atoms with van der Waals surface area (Å²) in [5.74, 6) is -1.04. The topological polar surface area (TPSA) is 56.9 Å². The minimum atomic E-state index is -0.555. The zero-order valence-electron chi connectivity index (χ0n) is 16.6. The van der Waals surface area contributed by atoms with Crippen molar-refractivity contribution in [3.8, 4) is 0 Å². The number of nitrogens with one attached hydrogen (secondary N) is 1. The molecule has 1 aliphatic rings. The van der Waals surface area contributed by atoms with Crippen molar-refractivity contribution in [2.24, 2.45) is 10.8 Å². The van der Waals surface area contributed by atoms with Crippen molar-refractivity contribution in [1.29, 1.82) is 0 Å². The molecular weight excluding hydrogens is 428 g/mol. The lowest BCUT2D eigenvalue weighted by Crippen LogP contribution is -2.43. The fourth-order valence-corrected chi connectivity index (χ4v) is 3.92. The van der Waals surface area contributed by atoms with Crippen LogP contribution in [0.25, 0.3) is 0 Å². The van der Waals surface area contributed by atoms with Gasteiger partial charge in [-0.1, -0.05) is 23.7 Å². The van der Waals surface area contributed by atoms with Crippen molar-refractivity contribution in [3.05, 3.63) is 64.2 Å². The molecule has 160 valence electrons. The predicted molar refractivity (Wildman–Crippen MR) is 122 cm³/mol. The molecule has 1 fully saturated rings. The van der Waals surface area contributed by atoms with Gasteiger partial charge in [0.25, 0.3) is 0 Å². The second-order valence-corrected chi connectivity index (χ2v) is 8.20. The lowest BCUT2D eigenvalue weighted by atomic mass is 10.0. The maximum atomic E-state index is 14.6. The van der Waals surface area contributed by atoms with Crippen molar-refractivity contribution in [1.82, 2.24) is 10.3 Å². The van der Waals surface area contributed by atoms with Crippen LogP contribution in [-0.4, -0.2) is 42.4 Å². The van der Waals surface area contributed by atoms with Crippen LogP contribution in [0.4, 0.5) is 14.5 Å². The molecular formula is C21H24ClF2N5S. The van der Waals surface area contributed by atoms with Crippen LogP contribution in [0.15, 0.2) is 41.5 Å². The van der Waals surface area contributed by atoms with Gasteiger partial charge in [0.15, 0.2) is 5.11 Å². The number of hydrogen-bond donors (Lipinski definition) is 2. The van der Waals surface area contributed by atoms with Crippen LogP contribution in [0, 0.1) is 11.6 Å². The molecule has 9 heteroatoms. The Labute approximate surface area is 185 Å². The number of nitrogens with two attached hydrogens (primary N) is 1. The van der Waals surface area contributed by atoms with Crippen LogP contribution in [0.2, 0.25) is 5.02 Å². The van der Waals surface area contributed by atoms with E-state index in [4.69, 9.17) is 17.3 Å². The summed E-state index contributed by atoms with van der Waals surface area (Å²) in [5.41, 5.74) is 9.02. The van der Waals surface area contributed by atoms with Crippen molar-refractivity contribution in [2.75, 3.05) is 25.0 Å². The third kappa shape index (κ3) is 5.87. The van der Waals surface area contributed by atoms with E-state index in [-0.39, 0.29) is 16.4 Å². The molecule has 0 atom stereocenters. The van der Waals surface area contributed by atoms with Gasteiger partial charge in [0.1, 0.15) is 11.6 Å². The summed E-state index contributed by atoms with van der Waals surface area (Å²) < 4.78 is 29.0. The summed E-state index contributed by atoms with van der Waals surface area (Å²) in [6, 6.07) is 10.5. The van der Waals surface area contributed by atoms with Crippen molar-refractivity contribution >= 4 is 40.8 Å². The first kappa shape index (κ1) is 22.4. The Hall–Kier alpha value is -2.29. The first-order valence-electron chi connectivity index (χ1n) is 9.60. The Morgan fingerprint density at radius 3 is 2.70 bits per heavy atom. The molecule has 2 aromatic rings. The third-order valence-electron chi connectivity index (χ3n) is 5.19. The molecule has 0 bridgehead atoms. The number of rotatable bonds is 6. The van der Waals surface area contributed by atoms with Gasteiger partial charge in [-0.25, -0.2) is 8.78 Å². The van der Waals surface area contributed by atoms with E-state index < -0.39 is 11.6 Å². The van der Waals surface area contributed by atoms with E-state index >= 15 is 0 Å². The van der Waals surface area contributed by atoms with Crippen molar-refractivity contribution < 1.29 is 8.78 Å². The average molecular weight is 452 g/mol. The van der Waals surface area contributed by atoms with Crippen LogP contribution in [-0.2, 0) is 6.54 Å². The smallest absolute Gasteiger partial charge is 0.184 e. The fraction of sp³-hybridized carbons (Fsp3) is 0.333. The monoisotopic (exact) mass is 451 g/mol. The molecule has 30 heavy (non-hydrogen) atoms. The van der Waals surface area contributed by atoms with E-state index in [2.05, 4.69) is 40.8 Å². The van der Waals surface area contributed by atoms with Crippen LogP contribution < -0.4 is 16.1 Å². The normalized spacial score (nSPS) is 15.2. The summed E-state index contributed by atoms with van der Waals surface area (Å²) in [6.07, 6.45) is 2.87. The van der Waals surface area contributed by atoms with Crippen LogP contribution >= 0.6 is 23.8 Å². The summed E-state index contributed by atoms with van der Waals surface area (Å²) in [5, 5.41) is 4.36. The number of nitrogens with zero attached hydrogens (tertiary/aromatic N) is 3. The van der Waals surface area contributed by atoms with Crippen molar-refractivity contribution in [3.63, 3.8) is 0 Å². The maximum absolute atomic E-state index is 14.6. The van der Waals surface area contributed by atoms with E-state index in [1.165, 1.54) is 6.07 Å². The molecule has 5 nitrogen and oxygen atoms in total. The molecule has 0 spiro atoms. The Morgan fingerprint density at radius 1 is 1.30 bits per heavy atom. The number of hydrazone groups is 1. The number of hydrogen-bond acceptors (Lipinski definition) is 4. The quantitative estimate of drug-likeness (QED) is 0.396. The number of anilines is 1. The zero-order chi connectivity index (χ0) is 21.7. The molecule has 0 radical (unpaired) electrons. The summed E-state index contributed by atoms with van der Waals surface area (Å²) in [7, 11) is 2.08. The molecule has 0 aromatic heterocycles. The SMILES string of the molecule is CN(Cc1cccc(Cl)c1)C1CCN(c2cc(F)c(C=NNC(N)=S)cc2F)CC1. The molecule has 0 saturated carbocycles. The molecule has 1 aliphatic heterocycles. The van der Waals surface area contributed by atoms with Gasteiger partial charge in [-0.2, -0.15) is 5.10 Å².